The Morgan fingerprint density at radius 3 is 2.23 bits per heavy atom. The molecule has 0 radical (unpaired) electrons. The summed E-state index contributed by atoms with van der Waals surface area (Å²) in [4.78, 5) is 33.6. The van der Waals surface area contributed by atoms with Gasteiger partial charge in [-0.05, 0) is 74.1 Å². The molecule has 0 aliphatic carbocycles. The molecule has 1 aromatic rings. The number of ketones is 1. The van der Waals surface area contributed by atoms with Crippen LogP contribution in [0, 0.1) is 46.8 Å². The molecule has 1 aromatic heterocycles. The second-order valence-electron chi connectivity index (χ2n) is 15.9. The van der Waals surface area contributed by atoms with Crippen LogP contribution >= 0.6 is 11.3 Å². The largest absolute Gasteiger partial charge is 0.456 e. The van der Waals surface area contributed by atoms with Gasteiger partial charge in [0.15, 0.2) is 9.04 Å². The zero-order chi connectivity index (χ0) is 32.9. The maximum Gasteiger partial charge on any atom is 0.334 e. The lowest BCUT2D eigenvalue weighted by Gasteiger charge is -2.48. The van der Waals surface area contributed by atoms with E-state index < -0.39 is 32.1 Å². The van der Waals surface area contributed by atoms with Gasteiger partial charge in [0, 0.05) is 29.1 Å². The van der Waals surface area contributed by atoms with Crippen LogP contribution in [0.4, 0.5) is 0 Å². The fourth-order valence-corrected chi connectivity index (χ4v) is 9.28. The van der Waals surface area contributed by atoms with Crippen LogP contribution in [0.1, 0.15) is 113 Å². The Balaban J connectivity index is 2.70. The third kappa shape index (κ3) is 10.2. The van der Waals surface area contributed by atoms with Gasteiger partial charge in [0.2, 0.25) is 0 Å². The molecule has 6 atom stereocenters. The van der Waals surface area contributed by atoms with Gasteiger partial charge in [-0.15, -0.1) is 11.3 Å². The Morgan fingerprint density at radius 1 is 1.09 bits per heavy atom. The minimum Gasteiger partial charge on any atom is -0.456 e. The molecule has 0 N–H and O–H groups in total. The first kappa shape index (κ1) is 37.6. The minimum atomic E-state index is -1.69. The van der Waals surface area contributed by atoms with Crippen LogP contribution in [0.25, 0.3) is 6.08 Å². The Labute approximate surface area is 269 Å². The molecule has 1 aliphatic heterocycles. The molecule has 0 spiro atoms. The first-order chi connectivity index (χ1) is 19.7. The van der Waals surface area contributed by atoms with Gasteiger partial charge in [-0.2, -0.15) is 0 Å². The van der Waals surface area contributed by atoms with Gasteiger partial charge in [0.05, 0.1) is 10.7 Å². The van der Waals surface area contributed by atoms with Crippen molar-refractivity contribution in [2.75, 3.05) is 0 Å². The average molecular weight is 632 g/mol. The van der Waals surface area contributed by atoms with Gasteiger partial charge in [0.25, 0.3) is 0 Å². The van der Waals surface area contributed by atoms with Crippen LogP contribution in [0.3, 0.4) is 0 Å². The molecule has 0 bridgehead atoms. The van der Waals surface area contributed by atoms with Crippen molar-refractivity contribution < 1.29 is 18.8 Å². The number of thiazole rings is 1. The molecule has 0 saturated heterocycles. The molecule has 2 heterocycles. The van der Waals surface area contributed by atoms with E-state index in [9.17, 15) is 9.59 Å². The van der Waals surface area contributed by atoms with E-state index in [2.05, 4.69) is 85.6 Å². The summed E-state index contributed by atoms with van der Waals surface area (Å²) in [6, 6.07) is 0. The van der Waals surface area contributed by atoms with E-state index in [4.69, 9.17) is 9.16 Å². The first-order valence-corrected chi connectivity index (χ1v) is 20.0. The van der Waals surface area contributed by atoms with E-state index in [1.54, 1.807) is 11.3 Å². The number of ether oxygens (including phenoxy) is 1. The predicted molar refractivity (Wildman–Crippen MR) is 185 cm³/mol. The summed E-state index contributed by atoms with van der Waals surface area (Å²) >= 11 is 1.61. The van der Waals surface area contributed by atoms with Crippen LogP contribution in [0.15, 0.2) is 23.1 Å². The number of Topliss-reactive ketones (excluding diaryl/α,β-unsaturated/α-hetero) is 1. The molecule has 0 saturated carbocycles. The molecule has 244 valence electrons. The number of carbonyl (C=O) groups excluding carboxylic acids is 2. The molecular weight excluding hydrogens is 571 g/mol. The highest BCUT2D eigenvalue weighted by molar-refractivity contribution is 7.09. The van der Waals surface area contributed by atoms with Crippen molar-refractivity contribution in [1.82, 2.24) is 4.98 Å². The Kier molecular flexibility index (Phi) is 13.2. The number of allylic oxidation sites excluding steroid dienone is 1. The Bertz CT molecular complexity index is 1140. The lowest BCUT2D eigenvalue weighted by molar-refractivity contribution is -0.168. The van der Waals surface area contributed by atoms with Crippen molar-refractivity contribution in [3.8, 4) is 0 Å². The average Bonchev–Trinajstić information content (AvgIpc) is 3.25. The van der Waals surface area contributed by atoms with Gasteiger partial charge < -0.3 is 9.16 Å². The van der Waals surface area contributed by atoms with E-state index in [1.165, 1.54) is 0 Å². The number of nitrogens with zero attached hydrogens (tertiary/aromatic N) is 1. The van der Waals surface area contributed by atoms with Crippen LogP contribution in [0.2, 0.25) is 13.1 Å². The van der Waals surface area contributed by atoms with Gasteiger partial charge in [-0.3, -0.25) is 4.79 Å². The topological polar surface area (TPSA) is 65.5 Å². The Hall–Kier alpha value is -1.57. The number of aromatic nitrogens is 1. The summed E-state index contributed by atoms with van der Waals surface area (Å²) in [5.74, 6) is -0.0842. The second kappa shape index (κ2) is 15.1. The summed E-state index contributed by atoms with van der Waals surface area (Å²) in [6.07, 6.45) is 8.79. The van der Waals surface area contributed by atoms with E-state index in [1.807, 2.05) is 39.2 Å². The molecular formula is C36H61NO4SSi. The lowest BCUT2D eigenvalue weighted by atomic mass is 9.56. The lowest BCUT2D eigenvalue weighted by Crippen LogP contribution is -2.54. The molecule has 1 aliphatic rings. The monoisotopic (exact) mass is 631 g/mol. The van der Waals surface area contributed by atoms with Crippen molar-refractivity contribution in [2.24, 2.45) is 39.9 Å². The summed E-state index contributed by atoms with van der Waals surface area (Å²) in [5.41, 5.74) is 0.588. The van der Waals surface area contributed by atoms with Gasteiger partial charge >= 0.3 is 5.97 Å². The highest BCUT2D eigenvalue weighted by atomic mass is 32.1. The number of carbonyl (C=O) groups is 2. The zero-order valence-electron chi connectivity index (χ0n) is 29.7. The highest BCUT2D eigenvalue weighted by Crippen LogP contribution is 2.49. The standard InChI is InChI=1S/C36H61NO4SSi/c1-23-19-17-15-16-18-20-28(24(2)21-27-22-42-26(4)37-27)40-33(39)30(41-43(13)14)31(35(8,9)10)36(11,12)32(38)25(3)29(23)34(5,6)7/h16,18,21-23,25,28-31,43H,15,17,19-20H2,1-14H3/t23?,25-,28+,29+,30?,31+/m1/s1. The number of cyclic esters (lactones) is 1. The molecule has 0 aromatic carbocycles. The summed E-state index contributed by atoms with van der Waals surface area (Å²) < 4.78 is 13.0. The number of aryl methyl sites for hydroxylation is 1. The van der Waals surface area contributed by atoms with Crippen molar-refractivity contribution in [3.05, 3.63) is 33.8 Å². The third-order valence-corrected chi connectivity index (χ3v) is 10.8. The molecule has 43 heavy (non-hydrogen) atoms. The SMILES string of the molecule is CC(=Cc1csc(C)n1)[C@@H]1CC=CCCCC(C)[C@H](C(C)(C)C)[C@@H](C)C(=O)C(C)(C)[C@H](C(C)(C)C)C(O[SiH](C)C)C(=O)O1. The quantitative estimate of drug-likeness (QED) is 0.188. The summed E-state index contributed by atoms with van der Waals surface area (Å²) in [7, 11) is -1.69. The third-order valence-electron chi connectivity index (χ3n) is 9.19. The van der Waals surface area contributed by atoms with Crippen LogP contribution in [-0.4, -0.2) is 38.0 Å². The summed E-state index contributed by atoms with van der Waals surface area (Å²) in [6.45, 7) is 29.8. The van der Waals surface area contributed by atoms with E-state index >= 15 is 0 Å². The van der Waals surface area contributed by atoms with Gasteiger partial charge in [-0.1, -0.05) is 87.8 Å². The van der Waals surface area contributed by atoms with Crippen LogP contribution in [0.5, 0.6) is 0 Å². The first-order valence-electron chi connectivity index (χ1n) is 16.3. The van der Waals surface area contributed by atoms with Gasteiger partial charge in [-0.25, -0.2) is 9.78 Å². The zero-order valence-corrected chi connectivity index (χ0v) is 31.6. The molecule has 5 nitrogen and oxygen atoms in total. The molecule has 0 amide bonds. The van der Waals surface area contributed by atoms with E-state index in [0.717, 1.165) is 35.5 Å². The molecule has 2 unspecified atom stereocenters. The predicted octanol–water partition coefficient (Wildman–Crippen LogP) is 9.46. The number of esters is 1. The number of hydrogen-bond donors (Lipinski definition) is 0. The fraction of sp³-hybridized carbons (Fsp3) is 0.750. The second-order valence-corrected chi connectivity index (χ2v) is 19.4. The molecule has 2 rings (SSSR count). The Morgan fingerprint density at radius 2 is 1.72 bits per heavy atom. The fourth-order valence-electron chi connectivity index (χ4n) is 7.86. The van der Waals surface area contributed by atoms with Crippen molar-refractivity contribution in [1.29, 1.82) is 0 Å². The van der Waals surface area contributed by atoms with Crippen molar-refractivity contribution in [2.45, 2.75) is 134 Å². The maximum absolute atomic E-state index is 14.7. The summed E-state index contributed by atoms with van der Waals surface area (Å²) in [5, 5.41) is 3.03. The minimum absolute atomic E-state index is 0.0321. The van der Waals surface area contributed by atoms with Crippen LogP contribution < -0.4 is 0 Å². The highest BCUT2D eigenvalue weighted by Gasteiger charge is 2.53. The van der Waals surface area contributed by atoms with Crippen molar-refractivity contribution >= 4 is 38.2 Å². The normalized spacial score (nSPS) is 29.1. The van der Waals surface area contributed by atoms with E-state index in [-0.39, 0.29) is 34.9 Å². The maximum atomic E-state index is 14.7. The van der Waals surface area contributed by atoms with E-state index in [0.29, 0.717) is 12.3 Å². The molecule has 0 fully saturated rings. The van der Waals surface area contributed by atoms with Crippen LogP contribution in [-0.2, 0) is 18.8 Å². The van der Waals surface area contributed by atoms with Gasteiger partial charge in [0.1, 0.15) is 18.0 Å². The number of rotatable bonds is 4. The smallest absolute Gasteiger partial charge is 0.334 e. The number of hydrogen-bond acceptors (Lipinski definition) is 6. The van der Waals surface area contributed by atoms with Crippen molar-refractivity contribution in [3.63, 3.8) is 0 Å². The molecule has 7 heteroatoms.